The van der Waals surface area contributed by atoms with Gasteiger partial charge in [0.05, 0.1) is 30.3 Å². The van der Waals surface area contributed by atoms with E-state index in [1.807, 2.05) is 39.1 Å². The topological polar surface area (TPSA) is 72.6 Å². The predicted octanol–water partition coefficient (Wildman–Crippen LogP) is 2.79. The average molecular weight is 331 g/mol. The molecule has 3 rings (SSSR count). The summed E-state index contributed by atoms with van der Waals surface area (Å²) in [5.41, 5.74) is 2.59. The Kier molecular flexibility index (Phi) is 3.85. The zero-order valence-electron chi connectivity index (χ0n) is 13.3. The normalized spacial score (nSPS) is 16.3. The van der Waals surface area contributed by atoms with Gasteiger partial charge in [0, 0.05) is 12.4 Å². The van der Waals surface area contributed by atoms with Crippen LogP contribution in [0.25, 0.3) is 5.69 Å². The van der Waals surface area contributed by atoms with Crippen LogP contribution in [0, 0.1) is 6.92 Å². The van der Waals surface area contributed by atoms with E-state index in [0.717, 1.165) is 22.0 Å². The van der Waals surface area contributed by atoms with E-state index in [1.54, 1.807) is 17.1 Å². The second-order valence-electron chi connectivity index (χ2n) is 5.52. The van der Waals surface area contributed by atoms with Crippen molar-refractivity contribution in [2.75, 3.05) is 7.11 Å². The van der Waals surface area contributed by atoms with Gasteiger partial charge in [0.2, 0.25) is 0 Å². The van der Waals surface area contributed by atoms with E-state index in [1.165, 1.54) is 23.9 Å². The summed E-state index contributed by atoms with van der Waals surface area (Å²) >= 11 is 1.50. The molecule has 0 aromatic carbocycles. The van der Waals surface area contributed by atoms with Gasteiger partial charge in [-0.25, -0.2) is 9.48 Å². The van der Waals surface area contributed by atoms with Gasteiger partial charge in [0.1, 0.15) is 9.91 Å². The van der Waals surface area contributed by atoms with E-state index < -0.39 is 11.0 Å². The SMILES string of the molecule is COC(=O)N1N=C(c2cn(-c3cccnc3)nc2C)SC1(C)C. The minimum atomic E-state index is -0.509. The average Bonchev–Trinajstić information content (AvgIpc) is 3.07. The molecule has 0 N–H and O–H groups in total. The van der Waals surface area contributed by atoms with E-state index in [-0.39, 0.29) is 0 Å². The number of amides is 1. The second-order valence-corrected chi connectivity index (χ2v) is 7.11. The van der Waals surface area contributed by atoms with Crippen molar-refractivity contribution in [1.82, 2.24) is 19.8 Å². The van der Waals surface area contributed by atoms with Crippen LogP contribution in [0.5, 0.6) is 0 Å². The number of hydrazone groups is 1. The van der Waals surface area contributed by atoms with Crippen molar-refractivity contribution in [3.05, 3.63) is 42.0 Å². The number of aromatic nitrogens is 3. The van der Waals surface area contributed by atoms with E-state index in [0.29, 0.717) is 0 Å². The molecule has 1 aliphatic rings. The molecule has 7 nitrogen and oxygen atoms in total. The number of hydrogen-bond acceptors (Lipinski definition) is 6. The molecule has 0 radical (unpaired) electrons. The van der Waals surface area contributed by atoms with Crippen molar-refractivity contribution in [3.63, 3.8) is 0 Å². The van der Waals surface area contributed by atoms with Gasteiger partial charge in [0.25, 0.3) is 0 Å². The molecule has 0 saturated carbocycles. The van der Waals surface area contributed by atoms with Crippen molar-refractivity contribution in [1.29, 1.82) is 0 Å². The van der Waals surface area contributed by atoms with Gasteiger partial charge in [-0.2, -0.15) is 15.2 Å². The highest BCUT2D eigenvalue weighted by atomic mass is 32.2. The number of methoxy groups -OCH3 is 1. The number of ether oxygens (including phenoxy) is 1. The quantitative estimate of drug-likeness (QED) is 0.846. The molecule has 0 saturated heterocycles. The van der Waals surface area contributed by atoms with Crippen LogP contribution < -0.4 is 0 Å². The van der Waals surface area contributed by atoms with Gasteiger partial charge in [-0.15, -0.1) is 0 Å². The number of thioether (sulfide) groups is 1. The van der Waals surface area contributed by atoms with Gasteiger partial charge in [-0.3, -0.25) is 4.98 Å². The van der Waals surface area contributed by atoms with Crippen molar-refractivity contribution < 1.29 is 9.53 Å². The zero-order valence-corrected chi connectivity index (χ0v) is 14.2. The van der Waals surface area contributed by atoms with Gasteiger partial charge in [-0.05, 0) is 32.9 Å². The predicted molar refractivity (Wildman–Crippen MR) is 88.5 cm³/mol. The molecule has 2 aromatic rings. The van der Waals surface area contributed by atoms with Crippen LogP contribution in [0.1, 0.15) is 25.1 Å². The highest BCUT2D eigenvalue weighted by Crippen LogP contribution is 2.39. The lowest BCUT2D eigenvalue weighted by Gasteiger charge is -2.25. The number of carbonyl (C=O) groups excluding carboxylic acids is 1. The van der Waals surface area contributed by atoms with E-state index in [9.17, 15) is 4.79 Å². The van der Waals surface area contributed by atoms with Gasteiger partial charge >= 0.3 is 6.09 Å². The van der Waals surface area contributed by atoms with E-state index in [4.69, 9.17) is 4.74 Å². The molecular weight excluding hydrogens is 314 g/mol. The van der Waals surface area contributed by atoms with Crippen molar-refractivity contribution in [2.45, 2.75) is 25.6 Å². The Hall–Kier alpha value is -2.35. The Morgan fingerprint density at radius 2 is 2.17 bits per heavy atom. The minimum Gasteiger partial charge on any atom is -0.451 e. The summed E-state index contributed by atoms with van der Waals surface area (Å²) in [7, 11) is 1.35. The van der Waals surface area contributed by atoms with Crippen LogP contribution in [-0.4, -0.2) is 42.9 Å². The van der Waals surface area contributed by atoms with Crippen LogP contribution in [0.15, 0.2) is 35.8 Å². The molecule has 0 aliphatic carbocycles. The lowest BCUT2D eigenvalue weighted by Crippen LogP contribution is -2.38. The number of nitrogens with zero attached hydrogens (tertiary/aromatic N) is 5. The first-order valence-corrected chi connectivity index (χ1v) is 7.87. The second kappa shape index (κ2) is 5.69. The number of pyridine rings is 1. The summed E-state index contributed by atoms with van der Waals surface area (Å²) in [6, 6.07) is 3.79. The zero-order chi connectivity index (χ0) is 16.6. The molecule has 8 heteroatoms. The highest BCUT2D eigenvalue weighted by molar-refractivity contribution is 8.15. The first kappa shape index (κ1) is 15.5. The molecule has 1 amide bonds. The number of carbonyl (C=O) groups is 1. The van der Waals surface area contributed by atoms with Crippen LogP contribution in [0.2, 0.25) is 0 Å². The fourth-order valence-corrected chi connectivity index (χ4v) is 3.37. The third-order valence-corrected chi connectivity index (χ3v) is 4.60. The van der Waals surface area contributed by atoms with Crippen molar-refractivity contribution in [2.24, 2.45) is 5.10 Å². The molecule has 2 aromatic heterocycles. The van der Waals surface area contributed by atoms with E-state index >= 15 is 0 Å². The van der Waals surface area contributed by atoms with Gasteiger partial charge < -0.3 is 4.74 Å². The summed E-state index contributed by atoms with van der Waals surface area (Å²) < 4.78 is 6.55. The Labute approximate surface area is 138 Å². The Morgan fingerprint density at radius 3 is 2.83 bits per heavy atom. The van der Waals surface area contributed by atoms with Crippen LogP contribution in [-0.2, 0) is 4.74 Å². The first-order valence-electron chi connectivity index (χ1n) is 7.05. The molecule has 0 atom stereocenters. The van der Waals surface area contributed by atoms with Gasteiger partial charge in [0.15, 0.2) is 0 Å². The molecule has 0 unspecified atom stereocenters. The lowest BCUT2D eigenvalue weighted by molar-refractivity contribution is 0.108. The number of rotatable bonds is 2. The standard InChI is InChI=1S/C15H17N5O2S/c1-10-12(9-19(17-10)11-6-5-7-16-8-11)13-18-20(14(21)22-4)15(2,3)23-13/h5-9H,1-4H3. The lowest BCUT2D eigenvalue weighted by atomic mass is 10.3. The fraction of sp³-hybridized carbons (Fsp3) is 0.333. The Bertz CT molecular complexity index is 769. The monoisotopic (exact) mass is 331 g/mol. The van der Waals surface area contributed by atoms with Crippen molar-refractivity contribution in [3.8, 4) is 5.69 Å². The maximum atomic E-state index is 11.9. The van der Waals surface area contributed by atoms with E-state index in [2.05, 4.69) is 15.2 Å². The summed E-state index contributed by atoms with van der Waals surface area (Å²) in [4.78, 5) is 15.5. The fourth-order valence-electron chi connectivity index (χ4n) is 2.26. The van der Waals surface area contributed by atoms with Gasteiger partial charge in [-0.1, -0.05) is 11.8 Å². The highest BCUT2D eigenvalue weighted by Gasteiger charge is 2.41. The molecule has 0 fully saturated rings. The molecule has 0 bridgehead atoms. The summed E-state index contributed by atoms with van der Waals surface area (Å²) in [6.07, 6.45) is 4.88. The number of hydrogen-bond donors (Lipinski definition) is 0. The smallest absolute Gasteiger partial charge is 0.431 e. The summed E-state index contributed by atoms with van der Waals surface area (Å²) in [6.45, 7) is 5.76. The molecular formula is C15H17N5O2S. The molecule has 1 aliphatic heterocycles. The van der Waals surface area contributed by atoms with Crippen LogP contribution >= 0.6 is 11.8 Å². The first-order chi connectivity index (χ1) is 10.9. The summed E-state index contributed by atoms with van der Waals surface area (Å²) in [5.74, 6) is 0. The maximum Gasteiger partial charge on any atom is 0.431 e. The third kappa shape index (κ3) is 2.81. The maximum absolute atomic E-state index is 11.9. The summed E-state index contributed by atoms with van der Waals surface area (Å²) in [5, 5.41) is 11.0. The Balaban J connectivity index is 1.97. The van der Waals surface area contributed by atoms with Crippen LogP contribution in [0.3, 0.4) is 0 Å². The molecule has 3 heterocycles. The largest absolute Gasteiger partial charge is 0.451 e. The third-order valence-electron chi connectivity index (χ3n) is 3.43. The minimum absolute atomic E-state index is 0.477. The van der Waals surface area contributed by atoms with Crippen molar-refractivity contribution >= 4 is 22.9 Å². The molecule has 0 spiro atoms. The molecule has 23 heavy (non-hydrogen) atoms. The number of aryl methyl sites for hydroxylation is 1. The molecule has 120 valence electrons. The van der Waals surface area contributed by atoms with Crippen LogP contribution in [0.4, 0.5) is 4.79 Å². The Morgan fingerprint density at radius 1 is 1.39 bits per heavy atom.